The molecule has 0 bridgehead atoms. The summed E-state index contributed by atoms with van der Waals surface area (Å²) >= 11 is 0. The Hall–Kier alpha value is -0.570. The summed E-state index contributed by atoms with van der Waals surface area (Å²) in [7, 11) is 0. The molecule has 1 aromatic carbocycles. The lowest BCUT2D eigenvalue weighted by Crippen LogP contribution is -2.40. The standard InChI is InChI=1S/C18H31NO.ClH/c1-4-7-14-19(15-8-5-2)17(6-3)18(20)16-12-10-9-11-13-16;/h9-13,17-18,20H,4-8,14-15H2,1-3H3;1H. The van der Waals surface area contributed by atoms with Crippen molar-refractivity contribution in [2.75, 3.05) is 13.1 Å². The molecule has 0 aromatic heterocycles. The minimum atomic E-state index is -0.380. The van der Waals surface area contributed by atoms with Crippen LogP contribution in [-0.2, 0) is 0 Å². The zero-order valence-electron chi connectivity index (χ0n) is 13.8. The van der Waals surface area contributed by atoms with Gasteiger partial charge in [0, 0.05) is 6.04 Å². The first-order valence-electron chi connectivity index (χ1n) is 8.21. The molecule has 1 rings (SSSR count). The fraction of sp³-hybridized carbons (Fsp3) is 0.667. The number of unbranched alkanes of at least 4 members (excludes halogenated alkanes) is 2. The van der Waals surface area contributed by atoms with Gasteiger partial charge in [0.2, 0.25) is 0 Å². The minimum absolute atomic E-state index is 0. The summed E-state index contributed by atoms with van der Waals surface area (Å²) in [6.45, 7) is 8.83. The van der Waals surface area contributed by atoms with Crippen LogP contribution < -0.4 is 0 Å². The molecule has 0 radical (unpaired) electrons. The summed E-state index contributed by atoms with van der Waals surface area (Å²) in [5.74, 6) is 0. The quantitative estimate of drug-likeness (QED) is 0.669. The van der Waals surface area contributed by atoms with Crippen LogP contribution in [0.1, 0.15) is 64.5 Å². The normalized spacial score (nSPS) is 13.8. The van der Waals surface area contributed by atoms with Crippen molar-refractivity contribution in [3.8, 4) is 0 Å². The van der Waals surface area contributed by atoms with Crippen molar-refractivity contribution in [3.05, 3.63) is 35.9 Å². The van der Waals surface area contributed by atoms with Gasteiger partial charge in [-0.05, 0) is 37.9 Å². The highest BCUT2D eigenvalue weighted by Crippen LogP contribution is 2.24. The Bertz CT molecular complexity index is 336. The van der Waals surface area contributed by atoms with Gasteiger partial charge in [0.25, 0.3) is 0 Å². The number of aliphatic hydroxyl groups excluding tert-OH is 1. The Balaban J connectivity index is 0.00000400. The first-order valence-corrected chi connectivity index (χ1v) is 8.21. The van der Waals surface area contributed by atoms with Crippen LogP contribution in [0, 0.1) is 0 Å². The number of nitrogens with zero attached hydrogens (tertiary/aromatic N) is 1. The Morgan fingerprint density at radius 1 is 0.952 bits per heavy atom. The fourth-order valence-electron chi connectivity index (χ4n) is 2.72. The summed E-state index contributed by atoms with van der Waals surface area (Å²) < 4.78 is 0. The van der Waals surface area contributed by atoms with Gasteiger partial charge in [-0.15, -0.1) is 12.4 Å². The van der Waals surface area contributed by atoms with Crippen LogP contribution in [0.2, 0.25) is 0 Å². The third-order valence-corrected chi connectivity index (χ3v) is 3.99. The predicted molar refractivity (Wildman–Crippen MR) is 94.1 cm³/mol. The number of benzene rings is 1. The Labute approximate surface area is 137 Å². The third kappa shape index (κ3) is 6.82. The van der Waals surface area contributed by atoms with Gasteiger partial charge in [0.1, 0.15) is 0 Å². The summed E-state index contributed by atoms with van der Waals surface area (Å²) in [6.07, 6.45) is 5.45. The van der Waals surface area contributed by atoms with E-state index in [0.29, 0.717) is 0 Å². The van der Waals surface area contributed by atoms with Gasteiger partial charge >= 0.3 is 0 Å². The van der Waals surface area contributed by atoms with E-state index in [2.05, 4.69) is 25.7 Å². The molecule has 0 saturated carbocycles. The summed E-state index contributed by atoms with van der Waals surface area (Å²) in [4.78, 5) is 2.49. The van der Waals surface area contributed by atoms with Crippen molar-refractivity contribution in [2.24, 2.45) is 0 Å². The topological polar surface area (TPSA) is 23.5 Å². The molecule has 0 spiro atoms. The molecular formula is C18H32ClNO. The minimum Gasteiger partial charge on any atom is -0.387 e. The molecule has 2 atom stereocenters. The Kier molecular flexibility index (Phi) is 11.7. The highest BCUT2D eigenvalue weighted by Gasteiger charge is 2.24. The van der Waals surface area contributed by atoms with Crippen molar-refractivity contribution in [3.63, 3.8) is 0 Å². The molecule has 2 nitrogen and oxygen atoms in total. The smallest absolute Gasteiger partial charge is 0.0945 e. The summed E-state index contributed by atoms with van der Waals surface area (Å²) in [6, 6.07) is 10.3. The van der Waals surface area contributed by atoms with Crippen LogP contribution in [0.3, 0.4) is 0 Å². The number of aliphatic hydroxyl groups is 1. The van der Waals surface area contributed by atoms with Crippen LogP contribution in [0.25, 0.3) is 0 Å². The maximum absolute atomic E-state index is 10.7. The van der Waals surface area contributed by atoms with Crippen molar-refractivity contribution in [2.45, 2.75) is 65.0 Å². The molecule has 0 saturated heterocycles. The van der Waals surface area contributed by atoms with Crippen LogP contribution in [0.15, 0.2) is 30.3 Å². The maximum Gasteiger partial charge on any atom is 0.0945 e. The van der Waals surface area contributed by atoms with Gasteiger partial charge in [-0.2, -0.15) is 0 Å². The molecule has 0 aliphatic carbocycles. The van der Waals surface area contributed by atoms with E-state index < -0.39 is 0 Å². The van der Waals surface area contributed by atoms with Crippen LogP contribution in [0.5, 0.6) is 0 Å². The monoisotopic (exact) mass is 313 g/mol. The number of halogens is 1. The van der Waals surface area contributed by atoms with Crippen molar-refractivity contribution in [1.82, 2.24) is 4.90 Å². The van der Waals surface area contributed by atoms with E-state index >= 15 is 0 Å². The molecule has 2 unspecified atom stereocenters. The molecule has 0 heterocycles. The highest BCUT2D eigenvalue weighted by molar-refractivity contribution is 5.85. The van der Waals surface area contributed by atoms with E-state index in [1.807, 2.05) is 30.3 Å². The second-order valence-electron chi connectivity index (χ2n) is 5.57. The van der Waals surface area contributed by atoms with E-state index in [1.165, 1.54) is 25.7 Å². The van der Waals surface area contributed by atoms with Gasteiger partial charge in [-0.1, -0.05) is 63.9 Å². The second kappa shape index (κ2) is 12.0. The van der Waals surface area contributed by atoms with Gasteiger partial charge in [0.05, 0.1) is 6.10 Å². The molecular weight excluding hydrogens is 282 g/mol. The van der Waals surface area contributed by atoms with Crippen LogP contribution in [0.4, 0.5) is 0 Å². The Morgan fingerprint density at radius 3 is 1.90 bits per heavy atom. The molecule has 122 valence electrons. The predicted octanol–water partition coefficient (Wildman–Crippen LogP) is 4.82. The van der Waals surface area contributed by atoms with Gasteiger partial charge in [0.15, 0.2) is 0 Å². The second-order valence-corrected chi connectivity index (χ2v) is 5.57. The largest absolute Gasteiger partial charge is 0.387 e. The van der Waals surface area contributed by atoms with Crippen LogP contribution in [-0.4, -0.2) is 29.1 Å². The molecule has 3 heteroatoms. The van der Waals surface area contributed by atoms with Crippen molar-refractivity contribution >= 4 is 12.4 Å². The van der Waals surface area contributed by atoms with E-state index in [9.17, 15) is 5.11 Å². The highest BCUT2D eigenvalue weighted by atomic mass is 35.5. The molecule has 0 amide bonds. The lowest BCUT2D eigenvalue weighted by atomic mass is 9.98. The molecule has 0 aliphatic heterocycles. The SMILES string of the molecule is CCCCN(CCCC)C(CC)C(O)c1ccccc1.Cl. The summed E-state index contributed by atoms with van der Waals surface area (Å²) in [5, 5.41) is 10.7. The average Bonchev–Trinajstić information content (AvgIpc) is 2.50. The lowest BCUT2D eigenvalue weighted by molar-refractivity contribution is 0.0437. The average molecular weight is 314 g/mol. The number of hydrogen-bond acceptors (Lipinski definition) is 2. The molecule has 1 aromatic rings. The van der Waals surface area contributed by atoms with Gasteiger partial charge in [-0.3, -0.25) is 4.90 Å². The maximum atomic E-state index is 10.7. The summed E-state index contributed by atoms with van der Waals surface area (Å²) in [5.41, 5.74) is 1.04. The molecule has 0 aliphatic rings. The zero-order chi connectivity index (χ0) is 14.8. The van der Waals surface area contributed by atoms with E-state index in [0.717, 1.165) is 25.1 Å². The fourth-order valence-corrected chi connectivity index (χ4v) is 2.72. The lowest BCUT2D eigenvalue weighted by Gasteiger charge is -2.34. The van der Waals surface area contributed by atoms with Crippen LogP contribution >= 0.6 is 12.4 Å². The van der Waals surface area contributed by atoms with Gasteiger partial charge < -0.3 is 5.11 Å². The third-order valence-electron chi connectivity index (χ3n) is 3.99. The molecule has 21 heavy (non-hydrogen) atoms. The van der Waals surface area contributed by atoms with E-state index in [1.54, 1.807) is 0 Å². The number of hydrogen-bond donors (Lipinski definition) is 1. The van der Waals surface area contributed by atoms with E-state index in [4.69, 9.17) is 0 Å². The van der Waals surface area contributed by atoms with Crippen molar-refractivity contribution in [1.29, 1.82) is 0 Å². The molecule has 0 fully saturated rings. The first kappa shape index (κ1) is 20.4. The van der Waals surface area contributed by atoms with Crippen molar-refractivity contribution < 1.29 is 5.11 Å². The van der Waals surface area contributed by atoms with Gasteiger partial charge in [-0.25, -0.2) is 0 Å². The molecule has 1 N–H and O–H groups in total. The zero-order valence-corrected chi connectivity index (χ0v) is 14.6. The Morgan fingerprint density at radius 2 is 1.48 bits per heavy atom. The van der Waals surface area contributed by atoms with E-state index in [-0.39, 0.29) is 24.6 Å². The first-order chi connectivity index (χ1) is 9.74. The number of rotatable bonds is 10.